The Balaban J connectivity index is 1.15. The lowest BCUT2D eigenvalue weighted by atomic mass is 9.85. The summed E-state index contributed by atoms with van der Waals surface area (Å²) in [4.78, 5) is 38.6. The normalized spacial score (nSPS) is 21.8. The molecule has 43 heavy (non-hydrogen) atoms. The van der Waals surface area contributed by atoms with Crippen LogP contribution in [0.25, 0.3) is 0 Å². The molecule has 2 aliphatic heterocycles. The van der Waals surface area contributed by atoms with E-state index in [0.717, 1.165) is 30.6 Å². The highest BCUT2D eigenvalue weighted by Crippen LogP contribution is 2.40. The molecule has 1 saturated carbocycles. The summed E-state index contributed by atoms with van der Waals surface area (Å²) < 4.78 is 27.1. The lowest BCUT2D eigenvalue weighted by molar-refractivity contribution is -0.0220. The number of Topliss-reactive ketones (excluding diaryl/α,β-unsaturated/α-hetero) is 1. The molecule has 8 nitrogen and oxygen atoms in total. The lowest BCUT2D eigenvalue weighted by Gasteiger charge is -2.40. The fraction of sp³-hybridized carbons (Fsp3) is 0.455. The molecule has 0 radical (unpaired) electrons. The van der Waals surface area contributed by atoms with Gasteiger partial charge in [-0.3, -0.25) is 9.59 Å². The van der Waals surface area contributed by atoms with Crippen LogP contribution < -0.4 is 20.9 Å². The van der Waals surface area contributed by atoms with Crippen LogP contribution in [0.4, 0.5) is 31.8 Å². The van der Waals surface area contributed by atoms with Crippen molar-refractivity contribution in [1.82, 2.24) is 9.97 Å². The molecule has 3 aliphatic rings. The van der Waals surface area contributed by atoms with Crippen molar-refractivity contribution < 1.29 is 18.4 Å². The Bertz CT molecular complexity index is 1470. The average Bonchev–Trinajstić information content (AvgIpc) is 3.85. The third kappa shape index (κ3) is 6.63. The van der Waals surface area contributed by atoms with Crippen molar-refractivity contribution in [2.24, 2.45) is 11.7 Å². The average molecular weight is 589 g/mol. The number of aromatic nitrogens is 2. The number of carbonyl (C=O) groups is 2. The molecule has 1 aliphatic carbocycles. The highest BCUT2D eigenvalue weighted by molar-refractivity contribution is 5.97. The van der Waals surface area contributed by atoms with Crippen molar-refractivity contribution >= 4 is 34.7 Å². The van der Waals surface area contributed by atoms with Crippen LogP contribution >= 0.6 is 0 Å². The Morgan fingerprint density at radius 3 is 2.35 bits per heavy atom. The number of halogens is 2. The zero-order valence-corrected chi connectivity index (χ0v) is 24.4. The zero-order chi connectivity index (χ0) is 30.1. The number of benzene rings is 2. The Kier molecular flexibility index (Phi) is 8.03. The number of nitrogens with zero attached hydrogens (tertiary/aromatic N) is 4. The van der Waals surface area contributed by atoms with Crippen LogP contribution in [-0.4, -0.2) is 53.3 Å². The minimum atomic E-state index is -2.60. The predicted octanol–water partition coefficient (Wildman–Crippen LogP) is 6.31. The van der Waals surface area contributed by atoms with Gasteiger partial charge in [0.05, 0.1) is 6.20 Å². The van der Waals surface area contributed by atoms with E-state index in [1.54, 1.807) is 6.20 Å². The molecule has 3 heterocycles. The second kappa shape index (κ2) is 11.9. The monoisotopic (exact) mass is 588 g/mol. The topological polar surface area (TPSA) is 104 Å². The molecule has 0 unspecified atom stereocenters. The molecule has 2 saturated heterocycles. The van der Waals surface area contributed by atoms with Gasteiger partial charge in [0.1, 0.15) is 5.82 Å². The number of ketones is 1. The molecular weight excluding hydrogens is 550 g/mol. The molecule has 0 spiro atoms. The third-order valence-electron chi connectivity index (χ3n) is 9.15. The van der Waals surface area contributed by atoms with Crippen LogP contribution in [0.1, 0.15) is 84.2 Å². The summed E-state index contributed by atoms with van der Waals surface area (Å²) in [6.07, 6.45) is 6.04. The van der Waals surface area contributed by atoms with Crippen LogP contribution in [0.15, 0.2) is 54.7 Å². The van der Waals surface area contributed by atoms with Crippen molar-refractivity contribution in [2.45, 2.75) is 69.8 Å². The van der Waals surface area contributed by atoms with Gasteiger partial charge in [0.25, 0.3) is 11.8 Å². The molecule has 10 heteroatoms. The zero-order valence-electron chi connectivity index (χ0n) is 24.4. The Labute approximate surface area is 250 Å². The maximum absolute atomic E-state index is 13.6. The minimum Gasteiger partial charge on any atom is -0.371 e. The van der Waals surface area contributed by atoms with E-state index in [1.807, 2.05) is 41.3 Å². The summed E-state index contributed by atoms with van der Waals surface area (Å²) in [5, 5.41) is 3.18. The van der Waals surface area contributed by atoms with Crippen LogP contribution in [0.3, 0.4) is 0 Å². The Morgan fingerprint density at radius 1 is 1.00 bits per heavy atom. The fourth-order valence-electron chi connectivity index (χ4n) is 6.30. The molecule has 2 atom stereocenters. The van der Waals surface area contributed by atoms with Gasteiger partial charge in [-0.25, -0.2) is 18.7 Å². The molecule has 1 aromatic heterocycles. The largest absolute Gasteiger partial charge is 0.371 e. The first-order valence-electron chi connectivity index (χ1n) is 15.2. The number of nitrogens with two attached hydrogens (primary N) is 1. The third-order valence-corrected chi connectivity index (χ3v) is 9.15. The second-order valence-corrected chi connectivity index (χ2v) is 12.2. The maximum atomic E-state index is 13.6. The highest BCUT2D eigenvalue weighted by atomic mass is 19.3. The van der Waals surface area contributed by atoms with Crippen molar-refractivity contribution in [2.75, 3.05) is 34.8 Å². The van der Waals surface area contributed by atoms with E-state index in [4.69, 9.17) is 10.7 Å². The van der Waals surface area contributed by atoms with Crippen LogP contribution in [0.2, 0.25) is 0 Å². The molecule has 3 aromatic rings. The molecular formula is C33H38F2N6O2. The van der Waals surface area contributed by atoms with Gasteiger partial charge in [0.2, 0.25) is 0 Å². The van der Waals surface area contributed by atoms with Gasteiger partial charge in [-0.1, -0.05) is 24.3 Å². The SMILES string of the molecule is C[C@@H]1[C@H](CC(=O)c2ccc(C3CC3)cc2)CCCN1c1cnc(C(N)=O)c(Nc2ccc(N3CCC(F)(F)CC3)cc2)n1. The summed E-state index contributed by atoms with van der Waals surface area (Å²) in [5.74, 6) is -1.48. The molecule has 226 valence electrons. The number of anilines is 4. The predicted molar refractivity (Wildman–Crippen MR) is 164 cm³/mol. The second-order valence-electron chi connectivity index (χ2n) is 12.2. The number of alkyl halides is 2. The van der Waals surface area contributed by atoms with Crippen LogP contribution in [0, 0.1) is 5.92 Å². The van der Waals surface area contributed by atoms with E-state index in [2.05, 4.69) is 34.3 Å². The first-order valence-corrected chi connectivity index (χ1v) is 15.2. The Morgan fingerprint density at radius 2 is 1.70 bits per heavy atom. The van der Waals surface area contributed by atoms with Crippen LogP contribution in [-0.2, 0) is 0 Å². The number of hydrogen-bond acceptors (Lipinski definition) is 7. The van der Waals surface area contributed by atoms with Gasteiger partial charge in [-0.05, 0) is 74.3 Å². The Hall–Kier alpha value is -4.08. The number of carbonyl (C=O) groups excluding carboxylic acids is 2. The smallest absolute Gasteiger partial charge is 0.271 e. The van der Waals surface area contributed by atoms with Gasteiger partial charge >= 0.3 is 0 Å². The number of piperidine rings is 2. The van der Waals surface area contributed by atoms with Gasteiger partial charge in [0, 0.05) is 61.9 Å². The van der Waals surface area contributed by atoms with Crippen molar-refractivity contribution in [3.05, 3.63) is 71.5 Å². The van der Waals surface area contributed by atoms with Gasteiger partial charge < -0.3 is 20.9 Å². The van der Waals surface area contributed by atoms with Crippen molar-refractivity contribution in [1.29, 1.82) is 0 Å². The number of amides is 1. The molecule has 3 fully saturated rings. The summed E-state index contributed by atoms with van der Waals surface area (Å²) in [6.45, 7) is 3.47. The van der Waals surface area contributed by atoms with Gasteiger partial charge in [0.15, 0.2) is 17.3 Å². The number of hydrogen-bond donors (Lipinski definition) is 2. The minimum absolute atomic E-state index is 0.0251. The molecule has 2 aromatic carbocycles. The molecule has 3 N–H and O–H groups in total. The van der Waals surface area contributed by atoms with E-state index >= 15 is 0 Å². The quantitative estimate of drug-likeness (QED) is 0.282. The number of nitrogens with one attached hydrogen (secondary N) is 1. The first kappa shape index (κ1) is 29.0. The van der Waals surface area contributed by atoms with Crippen molar-refractivity contribution in [3.63, 3.8) is 0 Å². The number of rotatable bonds is 9. The summed E-state index contributed by atoms with van der Waals surface area (Å²) >= 11 is 0. The lowest BCUT2D eigenvalue weighted by Crippen LogP contribution is -2.44. The van der Waals surface area contributed by atoms with Gasteiger partial charge in [-0.2, -0.15) is 0 Å². The van der Waals surface area contributed by atoms with E-state index in [1.165, 1.54) is 18.4 Å². The van der Waals surface area contributed by atoms with E-state index in [0.29, 0.717) is 36.9 Å². The van der Waals surface area contributed by atoms with Crippen LogP contribution in [0.5, 0.6) is 0 Å². The molecule has 0 bridgehead atoms. The first-order chi connectivity index (χ1) is 20.7. The molecule has 6 rings (SSSR count). The van der Waals surface area contributed by atoms with Crippen molar-refractivity contribution in [3.8, 4) is 0 Å². The summed E-state index contributed by atoms with van der Waals surface area (Å²) in [5.41, 5.74) is 9.26. The fourth-order valence-corrected chi connectivity index (χ4v) is 6.30. The van der Waals surface area contributed by atoms with E-state index in [-0.39, 0.29) is 42.1 Å². The molecule has 1 amide bonds. The maximum Gasteiger partial charge on any atom is 0.271 e. The summed E-state index contributed by atoms with van der Waals surface area (Å²) in [7, 11) is 0. The summed E-state index contributed by atoms with van der Waals surface area (Å²) in [6, 6.07) is 15.5. The van der Waals surface area contributed by atoms with E-state index in [9.17, 15) is 18.4 Å². The van der Waals surface area contributed by atoms with E-state index < -0.39 is 11.8 Å². The van der Waals surface area contributed by atoms with Gasteiger partial charge in [-0.15, -0.1) is 0 Å². The highest BCUT2D eigenvalue weighted by Gasteiger charge is 2.34. The number of primary amides is 1. The standard InChI is InChI=1S/C33H38F2N6O2/c1-21-25(19-28(42)24-8-6-23(7-9-24)22-4-5-22)3-2-16-41(21)29-20-37-30(31(36)43)32(39-29)38-26-10-12-27(13-11-26)40-17-14-33(34,35)15-18-40/h6-13,20-22,25H,2-5,14-19H2,1H3,(H2,36,43)(H,38,39)/t21-,25+/m1/s1.